The number of hydrogen-bond donors (Lipinski definition) is 1. The molecule has 0 aliphatic rings. The van der Waals surface area contributed by atoms with Crippen molar-refractivity contribution < 1.29 is 17.9 Å². The van der Waals surface area contributed by atoms with Crippen molar-refractivity contribution in [3.05, 3.63) is 46.4 Å². The van der Waals surface area contributed by atoms with Crippen molar-refractivity contribution in [2.75, 3.05) is 7.11 Å². The van der Waals surface area contributed by atoms with E-state index in [1.807, 2.05) is 18.2 Å². The lowest BCUT2D eigenvalue weighted by atomic mass is 10.1. The Balaban J connectivity index is 2.21. The summed E-state index contributed by atoms with van der Waals surface area (Å²) in [5.74, 6) is 0.127. The highest BCUT2D eigenvalue weighted by Gasteiger charge is 2.36. The number of rotatable bonds is 2. The van der Waals surface area contributed by atoms with Crippen LogP contribution in [0.2, 0.25) is 0 Å². The number of imidazole rings is 1. The molecule has 22 heavy (non-hydrogen) atoms. The van der Waals surface area contributed by atoms with Crippen molar-refractivity contribution >= 4 is 27.0 Å². The second kappa shape index (κ2) is 5.31. The molecule has 114 valence electrons. The van der Waals surface area contributed by atoms with Gasteiger partial charge in [0.15, 0.2) is 0 Å². The maximum Gasteiger partial charge on any atom is 0.420 e. The van der Waals surface area contributed by atoms with Gasteiger partial charge in [-0.25, -0.2) is 4.98 Å². The van der Waals surface area contributed by atoms with Gasteiger partial charge in [-0.2, -0.15) is 13.2 Å². The van der Waals surface area contributed by atoms with E-state index in [1.165, 1.54) is 7.11 Å². The predicted molar refractivity (Wildman–Crippen MR) is 80.8 cm³/mol. The molecule has 0 spiro atoms. The number of methoxy groups -OCH3 is 1. The summed E-state index contributed by atoms with van der Waals surface area (Å²) in [5.41, 5.74) is 0.937. The molecule has 0 aliphatic heterocycles. The Kier molecular flexibility index (Phi) is 3.60. The molecule has 1 aromatic heterocycles. The maximum absolute atomic E-state index is 13.2. The van der Waals surface area contributed by atoms with Crippen LogP contribution in [0.5, 0.6) is 5.75 Å². The molecule has 0 bridgehead atoms. The van der Waals surface area contributed by atoms with Crippen LogP contribution in [0.3, 0.4) is 0 Å². The highest BCUT2D eigenvalue weighted by Crippen LogP contribution is 2.42. The first-order valence-electron chi connectivity index (χ1n) is 6.30. The number of nitrogens with zero attached hydrogens (tertiary/aromatic N) is 1. The number of alkyl halides is 3. The lowest BCUT2D eigenvalue weighted by Gasteiger charge is -2.14. The fraction of sp³-hybridized carbons (Fsp3) is 0.133. The Morgan fingerprint density at radius 2 is 1.91 bits per heavy atom. The molecule has 3 rings (SSSR count). The van der Waals surface area contributed by atoms with Gasteiger partial charge in [0.05, 0.1) is 28.2 Å². The van der Waals surface area contributed by atoms with Gasteiger partial charge in [0.2, 0.25) is 0 Å². The van der Waals surface area contributed by atoms with E-state index in [0.717, 1.165) is 11.6 Å². The highest BCUT2D eigenvalue weighted by molar-refractivity contribution is 9.10. The van der Waals surface area contributed by atoms with E-state index >= 15 is 0 Å². The van der Waals surface area contributed by atoms with E-state index in [4.69, 9.17) is 4.74 Å². The number of nitrogens with one attached hydrogen (secondary N) is 1. The van der Waals surface area contributed by atoms with E-state index in [2.05, 4.69) is 25.9 Å². The van der Waals surface area contributed by atoms with Crippen molar-refractivity contribution in [2.45, 2.75) is 6.18 Å². The van der Waals surface area contributed by atoms with Crippen LogP contribution in [0.15, 0.2) is 40.9 Å². The number of halogens is 4. The molecule has 1 N–H and O–H groups in total. The molecule has 2 aromatic carbocycles. The van der Waals surface area contributed by atoms with Crippen molar-refractivity contribution in [1.82, 2.24) is 9.97 Å². The summed E-state index contributed by atoms with van der Waals surface area (Å²) < 4.78 is 44.6. The van der Waals surface area contributed by atoms with Crippen molar-refractivity contribution in [2.24, 2.45) is 0 Å². The van der Waals surface area contributed by atoms with Gasteiger partial charge in [-0.3, -0.25) is 0 Å². The van der Waals surface area contributed by atoms with Crippen LogP contribution >= 0.6 is 15.9 Å². The molecular weight excluding hydrogens is 361 g/mol. The van der Waals surface area contributed by atoms with Gasteiger partial charge >= 0.3 is 6.18 Å². The van der Waals surface area contributed by atoms with Gasteiger partial charge in [-0.1, -0.05) is 12.1 Å². The summed E-state index contributed by atoms with van der Waals surface area (Å²) in [7, 11) is 1.20. The van der Waals surface area contributed by atoms with Gasteiger partial charge in [-0.05, 0) is 40.2 Å². The van der Waals surface area contributed by atoms with E-state index in [-0.39, 0.29) is 10.2 Å². The normalized spacial score (nSPS) is 11.9. The molecule has 0 atom stereocenters. The Morgan fingerprint density at radius 1 is 1.18 bits per heavy atom. The summed E-state index contributed by atoms with van der Waals surface area (Å²) >= 11 is 3.13. The monoisotopic (exact) mass is 370 g/mol. The molecular formula is C15H10BrF3N2O. The fourth-order valence-corrected chi connectivity index (χ4v) is 2.86. The van der Waals surface area contributed by atoms with Gasteiger partial charge in [0.25, 0.3) is 0 Å². The molecule has 0 unspecified atom stereocenters. The lowest BCUT2D eigenvalue weighted by Crippen LogP contribution is -2.08. The minimum absolute atomic E-state index is 0.222. The number of H-pyrrole nitrogens is 1. The van der Waals surface area contributed by atoms with Gasteiger partial charge in [0.1, 0.15) is 11.6 Å². The number of hydrogen-bond acceptors (Lipinski definition) is 2. The van der Waals surface area contributed by atoms with E-state index in [9.17, 15) is 13.2 Å². The van der Waals surface area contributed by atoms with Crippen LogP contribution in [0.4, 0.5) is 13.2 Å². The average molecular weight is 371 g/mol. The summed E-state index contributed by atoms with van der Waals surface area (Å²) in [4.78, 5) is 7.33. The number of fused-ring (bicyclic) bond motifs is 1. The number of benzene rings is 2. The lowest BCUT2D eigenvalue weighted by molar-refractivity contribution is -0.138. The van der Waals surface area contributed by atoms with Crippen LogP contribution < -0.4 is 4.74 Å². The molecule has 0 aliphatic carbocycles. The van der Waals surface area contributed by atoms with Crippen LogP contribution in [0, 0.1) is 0 Å². The second-order valence-electron chi connectivity index (χ2n) is 4.64. The van der Waals surface area contributed by atoms with Gasteiger partial charge < -0.3 is 9.72 Å². The molecule has 1 heterocycles. The van der Waals surface area contributed by atoms with E-state index in [1.54, 1.807) is 12.1 Å². The molecule has 0 radical (unpaired) electrons. The van der Waals surface area contributed by atoms with Crippen LogP contribution in [0.25, 0.3) is 22.4 Å². The summed E-state index contributed by atoms with van der Waals surface area (Å²) in [6, 6.07) is 9.83. The Morgan fingerprint density at radius 3 is 2.55 bits per heavy atom. The Bertz CT molecular complexity index is 809. The first kappa shape index (κ1) is 14.9. The van der Waals surface area contributed by atoms with Crippen LogP contribution in [-0.2, 0) is 6.18 Å². The van der Waals surface area contributed by atoms with Crippen molar-refractivity contribution in [3.8, 4) is 17.1 Å². The van der Waals surface area contributed by atoms with Crippen molar-refractivity contribution in [1.29, 1.82) is 0 Å². The third kappa shape index (κ3) is 2.56. The fourth-order valence-electron chi connectivity index (χ4n) is 2.24. The first-order chi connectivity index (χ1) is 10.4. The summed E-state index contributed by atoms with van der Waals surface area (Å²) in [5, 5.41) is 0. The zero-order valence-corrected chi connectivity index (χ0v) is 12.9. The zero-order valence-electron chi connectivity index (χ0n) is 11.3. The second-order valence-corrected chi connectivity index (χ2v) is 5.49. The minimum Gasteiger partial charge on any atom is -0.495 e. The smallest absolute Gasteiger partial charge is 0.420 e. The number of aromatic nitrogens is 2. The summed E-state index contributed by atoms with van der Waals surface area (Å²) in [6.07, 6.45) is -4.52. The molecule has 7 heteroatoms. The van der Waals surface area contributed by atoms with Crippen LogP contribution in [-0.4, -0.2) is 17.1 Å². The molecule has 0 saturated carbocycles. The molecule has 3 aromatic rings. The van der Waals surface area contributed by atoms with Gasteiger partial charge in [-0.15, -0.1) is 0 Å². The maximum atomic E-state index is 13.2. The molecule has 0 fully saturated rings. The Hall–Kier alpha value is -2.02. The minimum atomic E-state index is -4.52. The third-order valence-electron chi connectivity index (χ3n) is 3.22. The highest BCUT2D eigenvalue weighted by atomic mass is 79.9. The number of para-hydroxylation sites is 2. The standard InChI is InChI=1S/C15H10BrF3N2O/c1-22-13-9(15(17,18)19)6-8(7-10(13)16)14-20-11-4-2-3-5-12(11)21-14/h2-7H,1H3,(H,20,21). The molecule has 0 amide bonds. The summed E-state index contributed by atoms with van der Waals surface area (Å²) in [6.45, 7) is 0. The average Bonchev–Trinajstić information content (AvgIpc) is 2.89. The SMILES string of the molecule is COc1c(Br)cc(-c2nc3ccccc3[nH]2)cc1C(F)(F)F. The van der Waals surface area contributed by atoms with Crippen LogP contribution in [0.1, 0.15) is 5.56 Å². The molecule has 3 nitrogen and oxygen atoms in total. The van der Waals surface area contributed by atoms with E-state index in [0.29, 0.717) is 16.9 Å². The van der Waals surface area contributed by atoms with E-state index < -0.39 is 11.7 Å². The predicted octanol–water partition coefficient (Wildman–Crippen LogP) is 5.02. The zero-order chi connectivity index (χ0) is 15.9. The number of aromatic amines is 1. The topological polar surface area (TPSA) is 37.9 Å². The first-order valence-corrected chi connectivity index (χ1v) is 7.09. The Labute approximate surface area is 132 Å². The third-order valence-corrected chi connectivity index (χ3v) is 3.80. The quantitative estimate of drug-likeness (QED) is 0.687. The largest absolute Gasteiger partial charge is 0.495 e. The van der Waals surface area contributed by atoms with Gasteiger partial charge in [0, 0.05) is 5.56 Å². The molecule has 0 saturated heterocycles. The van der Waals surface area contributed by atoms with Crippen molar-refractivity contribution in [3.63, 3.8) is 0 Å². The number of ether oxygens (including phenoxy) is 1.